The van der Waals surface area contributed by atoms with E-state index >= 15 is 0 Å². The first-order valence-corrected chi connectivity index (χ1v) is 15.2. The van der Waals surface area contributed by atoms with Crippen LogP contribution in [-0.2, 0) is 20.8 Å². The van der Waals surface area contributed by atoms with Crippen LogP contribution in [0, 0.1) is 0 Å². The second-order valence-corrected chi connectivity index (χ2v) is 10.4. The fourth-order valence-corrected chi connectivity index (χ4v) is 4.46. The lowest BCUT2D eigenvalue weighted by atomic mass is 10.0. The number of nitrogens with one attached hydrogen (secondary N) is 4. The van der Waals surface area contributed by atoms with Crippen molar-refractivity contribution in [1.82, 2.24) is 21.3 Å². The third kappa shape index (κ3) is 14.0. The molecule has 4 N–H and O–H groups in total. The van der Waals surface area contributed by atoms with Crippen LogP contribution in [-0.4, -0.2) is 48.8 Å². The number of hydrogen-bond donors (Lipinski definition) is 4. The Morgan fingerprint density at radius 3 is 1.83 bits per heavy atom. The smallest absolute Gasteiger partial charge is 0.251 e. The quantitative estimate of drug-likeness (QED) is 0.175. The van der Waals surface area contributed by atoms with Crippen molar-refractivity contribution in [2.75, 3.05) is 13.1 Å². The summed E-state index contributed by atoms with van der Waals surface area (Å²) in [4.78, 5) is 52.1. The van der Waals surface area contributed by atoms with Crippen LogP contribution in [0.4, 0.5) is 0 Å². The topological polar surface area (TPSA) is 116 Å². The van der Waals surface area contributed by atoms with Gasteiger partial charge in [-0.15, -0.1) is 0 Å². The predicted molar refractivity (Wildman–Crippen MR) is 163 cm³/mol. The molecule has 0 radical (unpaired) electrons. The number of carbonyl (C=O) groups is 4. The number of hydrogen-bond acceptors (Lipinski definition) is 4. The highest BCUT2D eigenvalue weighted by atomic mass is 16.2. The van der Waals surface area contributed by atoms with Gasteiger partial charge >= 0.3 is 0 Å². The molecule has 0 aliphatic heterocycles. The Kier molecular flexibility index (Phi) is 16.5. The molecule has 4 amide bonds. The molecule has 0 heterocycles. The minimum Gasteiger partial charge on any atom is -0.356 e. The molecule has 8 heteroatoms. The molecule has 0 saturated carbocycles. The fourth-order valence-electron chi connectivity index (χ4n) is 4.46. The lowest BCUT2D eigenvalue weighted by Gasteiger charge is -2.23. The average molecular weight is 565 g/mol. The number of carbonyl (C=O) groups excluding carboxylic acids is 4. The predicted octanol–water partition coefficient (Wildman–Crippen LogP) is 4.69. The van der Waals surface area contributed by atoms with Gasteiger partial charge in [-0.05, 0) is 37.0 Å². The first-order valence-electron chi connectivity index (χ1n) is 15.2. The summed E-state index contributed by atoms with van der Waals surface area (Å²) in [7, 11) is 0. The van der Waals surface area contributed by atoms with Gasteiger partial charge in [0.15, 0.2) is 0 Å². The van der Waals surface area contributed by atoms with Crippen LogP contribution in [0.25, 0.3) is 0 Å². The Labute approximate surface area is 245 Å². The largest absolute Gasteiger partial charge is 0.356 e. The minimum atomic E-state index is -0.905. The molecule has 2 rings (SSSR count). The molecule has 0 fully saturated rings. The van der Waals surface area contributed by atoms with Gasteiger partial charge in [-0.1, -0.05) is 101 Å². The molecule has 2 atom stereocenters. The third-order valence-corrected chi connectivity index (χ3v) is 6.92. The zero-order valence-corrected chi connectivity index (χ0v) is 24.8. The summed E-state index contributed by atoms with van der Waals surface area (Å²) < 4.78 is 0. The maximum absolute atomic E-state index is 13.6. The van der Waals surface area contributed by atoms with Crippen molar-refractivity contribution in [3.8, 4) is 0 Å². The fraction of sp³-hybridized carbons (Fsp3) is 0.515. The first kappa shape index (κ1) is 33.5. The summed E-state index contributed by atoms with van der Waals surface area (Å²) in [6.45, 7) is 5.37. The molecule has 0 aromatic heterocycles. The second kappa shape index (κ2) is 20.2. The Morgan fingerprint density at radius 1 is 0.634 bits per heavy atom. The van der Waals surface area contributed by atoms with Gasteiger partial charge < -0.3 is 21.3 Å². The highest BCUT2D eigenvalue weighted by Crippen LogP contribution is 2.08. The normalized spacial score (nSPS) is 12.1. The van der Waals surface area contributed by atoms with E-state index in [2.05, 4.69) is 35.1 Å². The molecule has 2 aromatic rings. The van der Waals surface area contributed by atoms with Crippen LogP contribution >= 0.6 is 0 Å². The molecule has 224 valence electrons. The van der Waals surface area contributed by atoms with Crippen LogP contribution in [0.5, 0.6) is 0 Å². The summed E-state index contributed by atoms with van der Waals surface area (Å²) in [5.74, 6) is -1.31. The lowest BCUT2D eigenvalue weighted by molar-refractivity contribution is -0.130. The van der Waals surface area contributed by atoms with E-state index < -0.39 is 18.0 Å². The highest BCUT2D eigenvalue weighted by molar-refractivity contribution is 5.98. The van der Waals surface area contributed by atoms with Gasteiger partial charge in [-0.25, -0.2) is 0 Å². The van der Waals surface area contributed by atoms with Crippen molar-refractivity contribution in [2.24, 2.45) is 0 Å². The molecular formula is C33H48N4O4. The molecule has 0 aliphatic carbocycles. The molecule has 0 saturated heterocycles. The van der Waals surface area contributed by atoms with Crippen LogP contribution in [0.1, 0.15) is 94.0 Å². The van der Waals surface area contributed by atoms with E-state index in [1.807, 2.05) is 36.4 Å². The summed E-state index contributed by atoms with van der Waals surface area (Å²) in [6, 6.07) is 16.3. The number of amides is 4. The van der Waals surface area contributed by atoms with E-state index in [0.717, 1.165) is 56.9 Å². The maximum atomic E-state index is 13.6. The van der Waals surface area contributed by atoms with E-state index in [1.54, 1.807) is 24.3 Å². The van der Waals surface area contributed by atoms with E-state index in [-0.39, 0.29) is 37.0 Å². The summed E-state index contributed by atoms with van der Waals surface area (Å²) in [5.41, 5.74) is 1.32. The molecule has 0 bridgehead atoms. The van der Waals surface area contributed by atoms with Gasteiger partial charge in [0, 0.05) is 31.5 Å². The van der Waals surface area contributed by atoms with Crippen LogP contribution in [0.3, 0.4) is 0 Å². The molecule has 0 aliphatic rings. The van der Waals surface area contributed by atoms with Crippen LogP contribution < -0.4 is 21.3 Å². The maximum Gasteiger partial charge on any atom is 0.251 e. The van der Waals surface area contributed by atoms with E-state index in [1.165, 1.54) is 0 Å². The lowest BCUT2D eigenvalue weighted by Crippen LogP contribution is -2.54. The van der Waals surface area contributed by atoms with Crippen LogP contribution in [0.2, 0.25) is 0 Å². The van der Waals surface area contributed by atoms with E-state index in [0.29, 0.717) is 18.7 Å². The second-order valence-electron chi connectivity index (χ2n) is 10.4. The standard InChI is InChI=1S/C33H48N4O4/c1-3-5-7-15-23-34-30(38)22-21-28(32(40)35-24-16-8-6-4-2)36-33(41)29(25-26-17-11-9-12-18-26)37-31(39)27-19-13-10-14-20-27/h9-14,17-20,28-29H,3-8,15-16,21-25H2,1-2H3,(H,34,38)(H,35,40)(H,36,41)(H,37,39)/t28-,29-/m0/s1. The van der Waals surface area contributed by atoms with Gasteiger partial charge in [-0.3, -0.25) is 19.2 Å². The number of unbranched alkanes of at least 4 members (excludes halogenated alkanes) is 6. The Hall–Kier alpha value is -3.68. The molecule has 0 spiro atoms. The van der Waals surface area contributed by atoms with Crippen molar-refractivity contribution < 1.29 is 19.2 Å². The molecular weight excluding hydrogens is 516 g/mol. The van der Waals surface area contributed by atoms with Crippen molar-refractivity contribution in [3.05, 3.63) is 71.8 Å². The SMILES string of the molecule is CCCCCCNC(=O)CC[C@H](NC(=O)[C@H](Cc1ccccc1)NC(=O)c1ccccc1)C(=O)NCCCCCC. The summed E-state index contributed by atoms with van der Waals surface area (Å²) >= 11 is 0. The zero-order valence-electron chi connectivity index (χ0n) is 24.8. The van der Waals surface area contributed by atoms with Crippen molar-refractivity contribution >= 4 is 23.6 Å². The monoisotopic (exact) mass is 564 g/mol. The number of benzene rings is 2. The number of rotatable bonds is 20. The summed E-state index contributed by atoms with van der Waals surface area (Å²) in [6.07, 6.45) is 8.82. The van der Waals surface area contributed by atoms with Crippen molar-refractivity contribution in [2.45, 2.75) is 96.6 Å². The van der Waals surface area contributed by atoms with Gasteiger partial charge in [-0.2, -0.15) is 0 Å². The van der Waals surface area contributed by atoms with Gasteiger partial charge in [0.05, 0.1) is 0 Å². The molecule has 41 heavy (non-hydrogen) atoms. The highest BCUT2D eigenvalue weighted by Gasteiger charge is 2.27. The molecule has 0 unspecified atom stereocenters. The first-order chi connectivity index (χ1) is 19.9. The Balaban J connectivity index is 2.09. The molecule has 8 nitrogen and oxygen atoms in total. The average Bonchev–Trinajstić information content (AvgIpc) is 2.99. The third-order valence-electron chi connectivity index (χ3n) is 6.92. The van der Waals surface area contributed by atoms with Crippen molar-refractivity contribution in [3.63, 3.8) is 0 Å². The Morgan fingerprint density at radius 2 is 1.22 bits per heavy atom. The summed E-state index contributed by atoms with van der Waals surface area (Å²) in [5, 5.41) is 11.5. The van der Waals surface area contributed by atoms with Crippen molar-refractivity contribution in [1.29, 1.82) is 0 Å². The molecule has 2 aromatic carbocycles. The van der Waals surface area contributed by atoms with Gasteiger partial charge in [0.1, 0.15) is 12.1 Å². The Bertz CT molecular complexity index is 1050. The zero-order chi connectivity index (χ0) is 29.7. The van der Waals surface area contributed by atoms with E-state index in [9.17, 15) is 19.2 Å². The van der Waals surface area contributed by atoms with Crippen LogP contribution in [0.15, 0.2) is 60.7 Å². The van der Waals surface area contributed by atoms with Gasteiger partial charge in [0.25, 0.3) is 5.91 Å². The van der Waals surface area contributed by atoms with E-state index in [4.69, 9.17) is 0 Å². The minimum absolute atomic E-state index is 0.113. The van der Waals surface area contributed by atoms with Gasteiger partial charge in [0.2, 0.25) is 17.7 Å².